The summed E-state index contributed by atoms with van der Waals surface area (Å²) < 4.78 is 23.2. The number of unbranched alkanes of at least 4 members (excludes halogenated alkanes) is 1. The number of nitrogens with one attached hydrogen (secondary N) is 2. The third-order valence-electron chi connectivity index (χ3n) is 4.52. The van der Waals surface area contributed by atoms with Crippen LogP contribution in [0.15, 0.2) is 29.3 Å². The fourth-order valence-electron chi connectivity index (χ4n) is 2.80. The molecule has 0 heterocycles. The van der Waals surface area contributed by atoms with E-state index in [4.69, 9.17) is 0 Å². The molecule has 0 unspecified atom stereocenters. The van der Waals surface area contributed by atoms with Crippen molar-refractivity contribution >= 4 is 15.8 Å². The maximum absolute atomic E-state index is 11.6. The van der Waals surface area contributed by atoms with Gasteiger partial charge in [0.05, 0.1) is 12.3 Å². The summed E-state index contributed by atoms with van der Waals surface area (Å²) in [6, 6.07) is 8.37. The lowest BCUT2D eigenvalue weighted by molar-refractivity contribution is 0.528. The highest BCUT2D eigenvalue weighted by Gasteiger charge is 2.45. The summed E-state index contributed by atoms with van der Waals surface area (Å²) in [5.74, 6) is 1.03. The van der Waals surface area contributed by atoms with Gasteiger partial charge in [-0.15, -0.1) is 0 Å². The number of hydrogen-bond acceptors (Lipinski definition) is 3. The summed E-state index contributed by atoms with van der Waals surface area (Å²) in [6.45, 7) is 6.37. The van der Waals surface area contributed by atoms with E-state index in [2.05, 4.69) is 53.7 Å². The van der Waals surface area contributed by atoms with Gasteiger partial charge in [-0.25, -0.2) is 13.4 Å². The first-order valence-electron chi connectivity index (χ1n) is 9.07. The van der Waals surface area contributed by atoms with E-state index in [0.29, 0.717) is 13.1 Å². The fourth-order valence-corrected chi connectivity index (χ4v) is 4.30. The molecule has 1 aromatic carbocycles. The molecule has 0 aliphatic heterocycles. The summed E-state index contributed by atoms with van der Waals surface area (Å²) in [5, 5.41) is 6.72. The monoisotopic (exact) mass is 365 g/mol. The van der Waals surface area contributed by atoms with E-state index in [0.717, 1.165) is 38.2 Å². The smallest absolute Gasteiger partial charge is 0.191 e. The van der Waals surface area contributed by atoms with E-state index in [1.165, 1.54) is 17.4 Å². The van der Waals surface area contributed by atoms with Crippen LogP contribution in [-0.2, 0) is 16.4 Å². The SMILES string of the molecule is CCCCNC(=NCc1ccc(C)cc1)NCC1(CS(C)(=O)=O)CC1. The van der Waals surface area contributed by atoms with Crippen LogP contribution in [0.4, 0.5) is 0 Å². The Bertz CT molecular complexity index is 677. The molecule has 0 saturated heterocycles. The first kappa shape index (κ1) is 19.8. The molecular formula is C19H31N3O2S. The third kappa shape index (κ3) is 7.46. The Kier molecular flexibility index (Phi) is 6.87. The number of aliphatic imine (C=N–C) groups is 1. The number of guanidine groups is 1. The molecule has 0 amide bonds. The van der Waals surface area contributed by atoms with Gasteiger partial charge in [0.15, 0.2) is 5.96 Å². The van der Waals surface area contributed by atoms with Crippen LogP contribution in [0.3, 0.4) is 0 Å². The summed E-state index contributed by atoms with van der Waals surface area (Å²) in [4.78, 5) is 4.67. The quantitative estimate of drug-likeness (QED) is 0.401. The van der Waals surface area contributed by atoms with Crippen molar-refractivity contribution in [2.24, 2.45) is 10.4 Å². The zero-order chi connectivity index (χ0) is 18.3. The average Bonchev–Trinajstić information content (AvgIpc) is 3.29. The largest absolute Gasteiger partial charge is 0.356 e. The van der Waals surface area contributed by atoms with Gasteiger partial charge in [-0.2, -0.15) is 0 Å². The molecule has 25 heavy (non-hydrogen) atoms. The first-order chi connectivity index (χ1) is 11.8. The second kappa shape index (κ2) is 8.70. The second-order valence-electron chi connectivity index (χ2n) is 7.35. The van der Waals surface area contributed by atoms with Crippen LogP contribution in [0, 0.1) is 12.3 Å². The van der Waals surface area contributed by atoms with Gasteiger partial charge in [0.25, 0.3) is 0 Å². The molecule has 0 aromatic heterocycles. The highest BCUT2D eigenvalue weighted by atomic mass is 32.2. The number of benzene rings is 1. The molecule has 0 bridgehead atoms. The summed E-state index contributed by atoms with van der Waals surface area (Å²) in [5.41, 5.74) is 2.30. The normalized spacial score (nSPS) is 16.5. The number of aryl methyl sites for hydroxylation is 1. The minimum Gasteiger partial charge on any atom is -0.356 e. The number of sulfone groups is 1. The molecule has 0 radical (unpaired) electrons. The summed E-state index contributed by atoms with van der Waals surface area (Å²) in [7, 11) is -2.95. The van der Waals surface area contributed by atoms with Crippen molar-refractivity contribution in [3.8, 4) is 0 Å². The summed E-state index contributed by atoms with van der Waals surface area (Å²) in [6.07, 6.45) is 5.45. The molecule has 2 N–H and O–H groups in total. The van der Waals surface area contributed by atoms with Crippen molar-refractivity contribution in [3.05, 3.63) is 35.4 Å². The maximum atomic E-state index is 11.6. The van der Waals surface area contributed by atoms with Crippen LogP contribution >= 0.6 is 0 Å². The summed E-state index contributed by atoms with van der Waals surface area (Å²) >= 11 is 0. The third-order valence-corrected chi connectivity index (χ3v) is 5.66. The van der Waals surface area contributed by atoms with Gasteiger partial charge in [-0.3, -0.25) is 0 Å². The van der Waals surface area contributed by atoms with Crippen LogP contribution < -0.4 is 10.6 Å². The van der Waals surface area contributed by atoms with Crippen LogP contribution in [0.5, 0.6) is 0 Å². The lowest BCUT2D eigenvalue weighted by Crippen LogP contribution is -2.42. The minimum absolute atomic E-state index is 0.106. The highest BCUT2D eigenvalue weighted by Crippen LogP contribution is 2.45. The van der Waals surface area contributed by atoms with Crippen molar-refractivity contribution in [2.75, 3.05) is 25.1 Å². The molecule has 140 valence electrons. The zero-order valence-corrected chi connectivity index (χ0v) is 16.5. The van der Waals surface area contributed by atoms with E-state index in [1.54, 1.807) is 0 Å². The number of nitrogens with zero attached hydrogens (tertiary/aromatic N) is 1. The Balaban J connectivity index is 1.95. The van der Waals surface area contributed by atoms with Crippen molar-refractivity contribution < 1.29 is 8.42 Å². The standard InChI is InChI=1S/C19H31N3O2S/c1-4-5-12-20-18(21-13-17-8-6-16(2)7-9-17)22-14-19(10-11-19)15-25(3,23)24/h6-9H,4-5,10-15H2,1-3H3,(H2,20,21,22). The van der Waals surface area contributed by atoms with E-state index >= 15 is 0 Å². The number of rotatable bonds is 9. The Labute approximate surface area is 152 Å². The predicted molar refractivity (Wildman–Crippen MR) is 105 cm³/mol. The molecule has 1 aromatic rings. The molecule has 1 aliphatic carbocycles. The Morgan fingerprint density at radius 1 is 1.20 bits per heavy atom. The van der Waals surface area contributed by atoms with Crippen molar-refractivity contribution in [1.29, 1.82) is 0 Å². The molecule has 1 fully saturated rings. The predicted octanol–water partition coefficient (Wildman–Crippen LogP) is 2.66. The van der Waals surface area contributed by atoms with Gasteiger partial charge < -0.3 is 10.6 Å². The molecular weight excluding hydrogens is 334 g/mol. The minimum atomic E-state index is -2.95. The second-order valence-corrected chi connectivity index (χ2v) is 9.49. The van der Waals surface area contributed by atoms with Crippen molar-refractivity contribution in [3.63, 3.8) is 0 Å². The Hall–Kier alpha value is -1.56. The fraction of sp³-hybridized carbons (Fsp3) is 0.632. The average molecular weight is 366 g/mol. The van der Waals surface area contributed by atoms with E-state index in [9.17, 15) is 8.42 Å². The van der Waals surface area contributed by atoms with Gasteiger partial charge in [0, 0.05) is 24.8 Å². The van der Waals surface area contributed by atoms with Crippen molar-refractivity contribution in [1.82, 2.24) is 10.6 Å². The van der Waals surface area contributed by atoms with Gasteiger partial charge in [-0.05, 0) is 31.7 Å². The van der Waals surface area contributed by atoms with Gasteiger partial charge in [-0.1, -0.05) is 43.2 Å². The highest BCUT2D eigenvalue weighted by molar-refractivity contribution is 7.90. The molecule has 0 atom stereocenters. The Morgan fingerprint density at radius 3 is 2.44 bits per heavy atom. The van der Waals surface area contributed by atoms with Crippen molar-refractivity contribution in [2.45, 2.75) is 46.1 Å². The van der Waals surface area contributed by atoms with Gasteiger partial charge >= 0.3 is 0 Å². The molecule has 0 spiro atoms. The molecule has 5 nitrogen and oxygen atoms in total. The van der Waals surface area contributed by atoms with E-state index in [-0.39, 0.29) is 11.2 Å². The van der Waals surface area contributed by atoms with E-state index < -0.39 is 9.84 Å². The topological polar surface area (TPSA) is 70.6 Å². The molecule has 1 aliphatic rings. The van der Waals surface area contributed by atoms with Gasteiger partial charge in [0.1, 0.15) is 9.84 Å². The first-order valence-corrected chi connectivity index (χ1v) is 11.1. The van der Waals surface area contributed by atoms with Crippen LogP contribution in [-0.4, -0.2) is 39.5 Å². The Morgan fingerprint density at radius 2 is 1.88 bits per heavy atom. The zero-order valence-electron chi connectivity index (χ0n) is 15.6. The van der Waals surface area contributed by atoms with E-state index in [1.807, 2.05) is 0 Å². The molecule has 6 heteroatoms. The maximum Gasteiger partial charge on any atom is 0.191 e. The number of hydrogen-bond donors (Lipinski definition) is 2. The lowest BCUT2D eigenvalue weighted by Gasteiger charge is -2.18. The van der Waals surface area contributed by atoms with Crippen LogP contribution in [0.25, 0.3) is 0 Å². The molecule has 2 rings (SSSR count). The lowest BCUT2D eigenvalue weighted by atomic mass is 10.1. The van der Waals surface area contributed by atoms with Crippen LogP contribution in [0.1, 0.15) is 43.7 Å². The van der Waals surface area contributed by atoms with Gasteiger partial charge in [0.2, 0.25) is 0 Å². The molecule has 1 saturated carbocycles. The van der Waals surface area contributed by atoms with Crippen LogP contribution in [0.2, 0.25) is 0 Å².